The SMILES string of the molecule is CNc1ccc(C(c2ccc(C)c(CCl)c2)C2(C=O)CCCC2)c(C)c1N. The molecule has 4 heteroatoms. The summed E-state index contributed by atoms with van der Waals surface area (Å²) in [6.45, 7) is 4.13. The lowest BCUT2D eigenvalue weighted by atomic mass is 9.67. The van der Waals surface area contributed by atoms with Crippen LogP contribution in [0.25, 0.3) is 0 Å². The first-order chi connectivity index (χ1) is 13.0. The summed E-state index contributed by atoms with van der Waals surface area (Å²) >= 11 is 6.18. The third-order valence-corrected chi connectivity index (χ3v) is 6.62. The predicted molar refractivity (Wildman–Crippen MR) is 115 cm³/mol. The minimum atomic E-state index is -0.378. The van der Waals surface area contributed by atoms with Crippen LogP contribution in [0, 0.1) is 19.3 Å². The zero-order valence-electron chi connectivity index (χ0n) is 16.4. The molecule has 2 aromatic rings. The van der Waals surface area contributed by atoms with Crippen LogP contribution in [0.5, 0.6) is 0 Å². The highest BCUT2D eigenvalue weighted by atomic mass is 35.5. The fourth-order valence-corrected chi connectivity index (χ4v) is 4.91. The molecule has 27 heavy (non-hydrogen) atoms. The molecule has 2 aromatic carbocycles. The molecule has 0 heterocycles. The third-order valence-electron chi connectivity index (χ3n) is 6.33. The van der Waals surface area contributed by atoms with Crippen molar-refractivity contribution in [2.75, 3.05) is 18.1 Å². The minimum absolute atomic E-state index is 0.00623. The predicted octanol–water partition coefficient (Wildman–Crippen LogP) is 5.56. The largest absolute Gasteiger partial charge is 0.397 e. The zero-order valence-corrected chi connectivity index (χ0v) is 17.2. The second-order valence-corrected chi connectivity index (χ2v) is 8.07. The average molecular weight is 385 g/mol. The average Bonchev–Trinajstić information content (AvgIpc) is 3.16. The van der Waals surface area contributed by atoms with E-state index >= 15 is 0 Å². The number of nitrogen functional groups attached to an aromatic ring is 1. The van der Waals surface area contributed by atoms with Gasteiger partial charge in [-0.1, -0.05) is 37.1 Å². The Bertz CT molecular complexity index is 841. The molecule has 1 fully saturated rings. The van der Waals surface area contributed by atoms with Crippen LogP contribution in [0.15, 0.2) is 30.3 Å². The van der Waals surface area contributed by atoms with Gasteiger partial charge in [-0.25, -0.2) is 0 Å². The van der Waals surface area contributed by atoms with Gasteiger partial charge in [0.25, 0.3) is 0 Å². The standard InChI is InChI=1S/C23H29ClN2O/c1-15-6-7-17(12-18(15)13-24)21(23(14-27)10-4-5-11-23)19-8-9-20(26-3)22(25)16(19)2/h6-9,12,14,21,26H,4-5,10-11,13,25H2,1-3H3. The van der Waals surface area contributed by atoms with Gasteiger partial charge < -0.3 is 15.8 Å². The van der Waals surface area contributed by atoms with Gasteiger partial charge >= 0.3 is 0 Å². The zero-order chi connectivity index (χ0) is 19.6. The number of carbonyl (C=O) groups is 1. The van der Waals surface area contributed by atoms with Gasteiger partial charge in [-0.15, -0.1) is 11.6 Å². The highest BCUT2D eigenvalue weighted by molar-refractivity contribution is 6.17. The smallest absolute Gasteiger partial charge is 0.127 e. The normalized spacial score (nSPS) is 16.9. The lowest BCUT2D eigenvalue weighted by molar-refractivity contribution is -0.116. The van der Waals surface area contributed by atoms with Crippen molar-refractivity contribution in [1.82, 2.24) is 0 Å². The highest BCUT2D eigenvalue weighted by Gasteiger charge is 2.43. The van der Waals surface area contributed by atoms with E-state index in [9.17, 15) is 4.79 Å². The van der Waals surface area contributed by atoms with Gasteiger partial charge in [-0.3, -0.25) is 0 Å². The number of hydrogen-bond acceptors (Lipinski definition) is 3. The van der Waals surface area contributed by atoms with E-state index in [-0.39, 0.29) is 11.3 Å². The molecule has 3 rings (SSSR count). The van der Waals surface area contributed by atoms with Crippen molar-refractivity contribution in [3.8, 4) is 0 Å². The lowest BCUT2D eigenvalue weighted by Crippen LogP contribution is -2.29. The maximum absolute atomic E-state index is 12.4. The molecule has 3 nitrogen and oxygen atoms in total. The van der Waals surface area contributed by atoms with Crippen LogP contribution in [0.4, 0.5) is 11.4 Å². The maximum Gasteiger partial charge on any atom is 0.127 e. The van der Waals surface area contributed by atoms with Gasteiger partial charge in [0.2, 0.25) is 0 Å². The first-order valence-electron chi connectivity index (χ1n) is 9.66. The number of alkyl halides is 1. The Morgan fingerprint density at radius 1 is 1.22 bits per heavy atom. The van der Waals surface area contributed by atoms with Crippen molar-refractivity contribution in [2.24, 2.45) is 5.41 Å². The van der Waals surface area contributed by atoms with Crippen molar-refractivity contribution in [2.45, 2.75) is 51.3 Å². The van der Waals surface area contributed by atoms with Gasteiger partial charge in [-0.2, -0.15) is 0 Å². The number of hydrogen-bond donors (Lipinski definition) is 2. The number of nitrogens with one attached hydrogen (secondary N) is 1. The number of rotatable bonds is 6. The fraction of sp³-hybridized carbons (Fsp3) is 0.435. The summed E-state index contributed by atoms with van der Waals surface area (Å²) in [6.07, 6.45) is 5.21. The molecule has 144 valence electrons. The summed E-state index contributed by atoms with van der Waals surface area (Å²) in [5, 5.41) is 3.15. The van der Waals surface area contributed by atoms with E-state index in [0.29, 0.717) is 5.88 Å². The molecule has 1 aliphatic rings. The number of benzene rings is 2. The number of aryl methyl sites for hydroxylation is 1. The van der Waals surface area contributed by atoms with Crippen LogP contribution in [0.1, 0.15) is 59.4 Å². The summed E-state index contributed by atoms with van der Waals surface area (Å²) in [7, 11) is 1.87. The van der Waals surface area contributed by atoms with Gasteiger partial charge in [0, 0.05) is 24.3 Å². The van der Waals surface area contributed by atoms with E-state index in [1.165, 1.54) is 11.8 Å². The Hall–Kier alpha value is -2.00. The molecule has 0 aliphatic heterocycles. The Balaban J connectivity index is 2.23. The first-order valence-corrected chi connectivity index (χ1v) is 10.2. The molecule has 0 aromatic heterocycles. The summed E-state index contributed by atoms with van der Waals surface area (Å²) in [6, 6.07) is 10.6. The Kier molecular flexibility index (Phi) is 5.81. The van der Waals surface area contributed by atoms with E-state index in [0.717, 1.165) is 59.3 Å². The summed E-state index contributed by atoms with van der Waals surface area (Å²) in [5.74, 6) is 0.466. The van der Waals surface area contributed by atoms with Crippen molar-refractivity contribution >= 4 is 29.3 Å². The van der Waals surface area contributed by atoms with E-state index in [4.69, 9.17) is 17.3 Å². The van der Waals surface area contributed by atoms with E-state index < -0.39 is 0 Å². The topological polar surface area (TPSA) is 55.1 Å². The Morgan fingerprint density at radius 3 is 2.52 bits per heavy atom. The molecule has 1 unspecified atom stereocenters. The number of anilines is 2. The van der Waals surface area contributed by atoms with E-state index in [2.05, 4.69) is 43.4 Å². The van der Waals surface area contributed by atoms with Crippen molar-refractivity contribution in [3.63, 3.8) is 0 Å². The van der Waals surface area contributed by atoms with Crippen molar-refractivity contribution < 1.29 is 4.79 Å². The summed E-state index contributed by atoms with van der Waals surface area (Å²) in [5.41, 5.74) is 13.4. The van der Waals surface area contributed by atoms with Crippen LogP contribution in [0.2, 0.25) is 0 Å². The number of nitrogens with two attached hydrogens (primary N) is 1. The Labute approximate surface area is 167 Å². The highest BCUT2D eigenvalue weighted by Crippen LogP contribution is 2.52. The molecule has 0 spiro atoms. The first kappa shape index (κ1) is 19.8. The lowest BCUT2D eigenvalue weighted by Gasteiger charge is -2.35. The van der Waals surface area contributed by atoms with Gasteiger partial charge in [-0.05, 0) is 60.6 Å². The van der Waals surface area contributed by atoms with Crippen LogP contribution in [-0.4, -0.2) is 13.3 Å². The second-order valence-electron chi connectivity index (χ2n) is 7.80. The molecule has 1 saturated carbocycles. The van der Waals surface area contributed by atoms with Crippen LogP contribution < -0.4 is 11.1 Å². The summed E-state index contributed by atoms with van der Waals surface area (Å²) in [4.78, 5) is 12.4. The monoisotopic (exact) mass is 384 g/mol. The molecule has 1 atom stereocenters. The quantitative estimate of drug-likeness (QED) is 0.389. The van der Waals surface area contributed by atoms with Crippen LogP contribution in [0.3, 0.4) is 0 Å². The fourth-order valence-electron chi connectivity index (χ4n) is 4.62. The Morgan fingerprint density at radius 2 is 1.93 bits per heavy atom. The van der Waals surface area contributed by atoms with Gasteiger partial charge in [0.15, 0.2) is 0 Å². The number of halogens is 1. The molecular formula is C23H29ClN2O. The molecule has 0 amide bonds. The molecule has 0 bridgehead atoms. The van der Waals surface area contributed by atoms with E-state index in [1.807, 2.05) is 13.1 Å². The minimum Gasteiger partial charge on any atom is -0.397 e. The van der Waals surface area contributed by atoms with Gasteiger partial charge in [0.1, 0.15) is 6.29 Å². The van der Waals surface area contributed by atoms with Crippen LogP contribution >= 0.6 is 11.6 Å². The number of aldehydes is 1. The molecular weight excluding hydrogens is 356 g/mol. The third kappa shape index (κ3) is 3.45. The molecule has 1 aliphatic carbocycles. The number of carbonyl (C=O) groups excluding carboxylic acids is 1. The van der Waals surface area contributed by atoms with Crippen molar-refractivity contribution in [1.29, 1.82) is 0 Å². The summed E-state index contributed by atoms with van der Waals surface area (Å²) < 4.78 is 0. The van der Waals surface area contributed by atoms with Crippen molar-refractivity contribution in [3.05, 3.63) is 58.1 Å². The molecule has 0 saturated heterocycles. The van der Waals surface area contributed by atoms with E-state index in [1.54, 1.807) is 0 Å². The molecule has 0 radical (unpaired) electrons. The maximum atomic E-state index is 12.4. The second kappa shape index (κ2) is 7.93. The van der Waals surface area contributed by atoms with Gasteiger partial charge in [0.05, 0.1) is 11.4 Å². The van der Waals surface area contributed by atoms with Crippen LogP contribution in [-0.2, 0) is 10.7 Å². The molecule has 3 N–H and O–H groups in total.